The van der Waals surface area contributed by atoms with Gasteiger partial charge in [0.2, 0.25) is 5.91 Å². The van der Waals surface area contributed by atoms with Crippen molar-refractivity contribution in [2.24, 2.45) is 17.8 Å². The fourth-order valence-corrected chi connectivity index (χ4v) is 5.91. The molecule has 2 aliphatic rings. The van der Waals surface area contributed by atoms with Gasteiger partial charge in [0, 0.05) is 38.6 Å². The Morgan fingerprint density at radius 1 is 1.11 bits per heavy atom. The van der Waals surface area contributed by atoms with E-state index < -0.39 is 0 Å². The van der Waals surface area contributed by atoms with Gasteiger partial charge in [-0.3, -0.25) is 9.59 Å². The van der Waals surface area contributed by atoms with Crippen molar-refractivity contribution >= 4 is 33.4 Å². The number of aryl methyl sites for hydroxylation is 1. The van der Waals surface area contributed by atoms with Crippen molar-refractivity contribution < 1.29 is 9.59 Å². The van der Waals surface area contributed by atoms with Crippen LogP contribution in [-0.4, -0.2) is 52.4 Å². The van der Waals surface area contributed by atoms with Crippen LogP contribution in [0.5, 0.6) is 0 Å². The Balaban J connectivity index is 1.40. The van der Waals surface area contributed by atoms with Crippen LogP contribution in [0.15, 0.2) is 17.5 Å². The third kappa shape index (κ3) is 3.59. The number of likely N-dealkylation sites (tertiary alicyclic amines) is 2. The molecule has 4 rings (SSSR count). The van der Waals surface area contributed by atoms with E-state index in [0.717, 1.165) is 43.7 Å². The molecule has 0 aromatic carbocycles. The van der Waals surface area contributed by atoms with E-state index in [1.165, 1.54) is 11.1 Å². The monoisotopic (exact) mass is 401 g/mol. The van der Waals surface area contributed by atoms with Gasteiger partial charge >= 0.3 is 0 Å². The lowest BCUT2D eigenvalue weighted by Crippen LogP contribution is -2.48. The number of nitrogens with zero attached hydrogens (tertiary/aromatic N) is 3. The second kappa shape index (κ2) is 7.90. The summed E-state index contributed by atoms with van der Waals surface area (Å²) in [4.78, 5) is 30.1. The summed E-state index contributed by atoms with van der Waals surface area (Å²) in [5, 5.41) is 2.07. The van der Waals surface area contributed by atoms with Crippen LogP contribution >= 0.6 is 11.3 Å². The number of amides is 2. The van der Waals surface area contributed by atoms with E-state index in [0.29, 0.717) is 30.8 Å². The fourth-order valence-electron chi connectivity index (χ4n) is 5.09. The molecule has 0 N–H and O–H groups in total. The first-order valence-electron chi connectivity index (χ1n) is 10.6. The summed E-state index contributed by atoms with van der Waals surface area (Å²) >= 11 is 1.68. The Morgan fingerprint density at radius 2 is 1.79 bits per heavy atom. The molecule has 6 heteroatoms. The minimum absolute atomic E-state index is 0.0722. The predicted octanol–water partition coefficient (Wildman–Crippen LogP) is 4.08. The molecule has 0 saturated carbocycles. The number of aromatic nitrogens is 1. The summed E-state index contributed by atoms with van der Waals surface area (Å²) in [5.74, 6) is 1.66. The first kappa shape index (κ1) is 19.5. The third-order valence-corrected chi connectivity index (χ3v) is 7.22. The Kier molecular flexibility index (Phi) is 5.50. The average Bonchev–Trinajstić information content (AvgIpc) is 3.27. The van der Waals surface area contributed by atoms with Gasteiger partial charge in [0.05, 0.1) is 10.2 Å². The lowest BCUT2D eigenvalue weighted by molar-refractivity contribution is -0.139. The van der Waals surface area contributed by atoms with Gasteiger partial charge in [0.15, 0.2) is 0 Å². The van der Waals surface area contributed by atoms with Crippen molar-refractivity contribution in [3.63, 3.8) is 0 Å². The highest BCUT2D eigenvalue weighted by atomic mass is 32.1. The molecule has 0 bridgehead atoms. The van der Waals surface area contributed by atoms with E-state index in [2.05, 4.69) is 41.7 Å². The molecular weight excluding hydrogens is 370 g/mol. The van der Waals surface area contributed by atoms with Crippen molar-refractivity contribution in [1.29, 1.82) is 0 Å². The van der Waals surface area contributed by atoms with Crippen molar-refractivity contribution in [3.8, 4) is 0 Å². The summed E-state index contributed by atoms with van der Waals surface area (Å²) < 4.78 is 3.28. The van der Waals surface area contributed by atoms with Crippen LogP contribution in [-0.2, 0) is 11.3 Å². The van der Waals surface area contributed by atoms with E-state index in [-0.39, 0.29) is 11.8 Å². The maximum absolute atomic E-state index is 13.1. The normalized spacial score (nSPS) is 24.1. The van der Waals surface area contributed by atoms with E-state index >= 15 is 0 Å². The second-order valence-electron chi connectivity index (χ2n) is 8.70. The topological polar surface area (TPSA) is 45.6 Å². The smallest absolute Gasteiger partial charge is 0.270 e. The molecular formula is C22H31N3O2S. The molecule has 0 spiro atoms. The van der Waals surface area contributed by atoms with Crippen LogP contribution in [0.1, 0.15) is 50.5 Å². The summed E-state index contributed by atoms with van der Waals surface area (Å²) in [6, 6.07) is 4.12. The predicted molar refractivity (Wildman–Crippen MR) is 114 cm³/mol. The number of hydrogen-bond acceptors (Lipinski definition) is 3. The molecule has 0 aliphatic carbocycles. The number of piperidine rings is 2. The summed E-state index contributed by atoms with van der Waals surface area (Å²) in [7, 11) is 0. The maximum Gasteiger partial charge on any atom is 0.270 e. The first-order valence-corrected chi connectivity index (χ1v) is 11.5. The van der Waals surface area contributed by atoms with Crippen LogP contribution in [0.2, 0.25) is 0 Å². The van der Waals surface area contributed by atoms with Gasteiger partial charge in [-0.15, -0.1) is 11.3 Å². The van der Waals surface area contributed by atoms with Gasteiger partial charge < -0.3 is 14.4 Å². The van der Waals surface area contributed by atoms with Gasteiger partial charge in [-0.05, 0) is 55.5 Å². The number of fused-ring (bicyclic) bond motifs is 1. The Bertz CT molecular complexity index is 852. The highest BCUT2D eigenvalue weighted by Crippen LogP contribution is 2.29. The zero-order chi connectivity index (χ0) is 19.8. The Labute approximate surface area is 171 Å². The molecule has 28 heavy (non-hydrogen) atoms. The van der Waals surface area contributed by atoms with Crippen LogP contribution in [0, 0.1) is 17.8 Å². The SMILES string of the molecule is CCn1c(C(=O)N2CCC(C(=O)N3C[C@H](C)C[C@@H](C)C3)CC2)cc2sccc21. The minimum Gasteiger partial charge on any atom is -0.342 e. The minimum atomic E-state index is 0.0722. The summed E-state index contributed by atoms with van der Waals surface area (Å²) in [6.45, 7) is 10.5. The largest absolute Gasteiger partial charge is 0.342 e. The van der Waals surface area contributed by atoms with Crippen LogP contribution < -0.4 is 0 Å². The lowest BCUT2D eigenvalue weighted by Gasteiger charge is -2.39. The van der Waals surface area contributed by atoms with E-state index in [4.69, 9.17) is 0 Å². The van der Waals surface area contributed by atoms with Crippen molar-refractivity contribution in [3.05, 3.63) is 23.2 Å². The molecule has 2 saturated heterocycles. The molecule has 2 aromatic rings. The molecule has 5 nitrogen and oxygen atoms in total. The summed E-state index contributed by atoms with van der Waals surface area (Å²) in [6.07, 6.45) is 2.78. The fraction of sp³-hybridized carbons (Fsp3) is 0.636. The average molecular weight is 402 g/mol. The third-order valence-electron chi connectivity index (χ3n) is 6.37. The molecule has 0 radical (unpaired) electrons. The van der Waals surface area contributed by atoms with Crippen LogP contribution in [0.25, 0.3) is 10.2 Å². The number of thiophene rings is 1. The molecule has 2 aromatic heterocycles. The summed E-state index contributed by atoms with van der Waals surface area (Å²) in [5.41, 5.74) is 1.93. The Morgan fingerprint density at radius 3 is 2.43 bits per heavy atom. The number of carbonyl (C=O) groups is 2. The zero-order valence-corrected chi connectivity index (χ0v) is 18.0. The standard InChI is InChI=1S/C22H31N3O2S/c1-4-25-18-7-10-28-20(18)12-19(25)22(27)23-8-5-17(6-9-23)21(26)24-13-15(2)11-16(3)14-24/h7,10,12,15-17H,4-6,8-9,11,13-14H2,1-3H3/t15-,16-/m1/s1. The Hall–Kier alpha value is -1.82. The number of rotatable bonds is 3. The quantitative estimate of drug-likeness (QED) is 0.778. The highest BCUT2D eigenvalue weighted by Gasteiger charge is 2.34. The van der Waals surface area contributed by atoms with Gasteiger partial charge in [-0.1, -0.05) is 13.8 Å². The molecule has 152 valence electrons. The molecule has 2 atom stereocenters. The molecule has 2 aliphatic heterocycles. The van der Waals surface area contributed by atoms with Crippen LogP contribution in [0.4, 0.5) is 0 Å². The molecule has 2 amide bonds. The van der Waals surface area contributed by atoms with E-state index in [1.807, 2.05) is 11.0 Å². The van der Waals surface area contributed by atoms with Crippen molar-refractivity contribution in [2.75, 3.05) is 26.2 Å². The number of carbonyl (C=O) groups excluding carboxylic acids is 2. The maximum atomic E-state index is 13.1. The van der Waals surface area contributed by atoms with Gasteiger partial charge in [-0.25, -0.2) is 0 Å². The zero-order valence-electron chi connectivity index (χ0n) is 17.2. The molecule has 4 heterocycles. The number of hydrogen-bond donors (Lipinski definition) is 0. The van der Waals surface area contributed by atoms with Crippen molar-refractivity contribution in [1.82, 2.24) is 14.4 Å². The molecule has 0 unspecified atom stereocenters. The van der Waals surface area contributed by atoms with E-state index in [9.17, 15) is 9.59 Å². The second-order valence-corrected chi connectivity index (χ2v) is 9.65. The van der Waals surface area contributed by atoms with Gasteiger partial charge in [0.25, 0.3) is 5.91 Å². The van der Waals surface area contributed by atoms with Gasteiger partial charge in [-0.2, -0.15) is 0 Å². The first-order chi connectivity index (χ1) is 13.5. The highest BCUT2D eigenvalue weighted by molar-refractivity contribution is 7.17. The van der Waals surface area contributed by atoms with E-state index in [1.54, 1.807) is 11.3 Å². The molecule has 2 fully saturated rings. The lowest BCUT2D eigenvalue weighted by atomic mass is 9.89. The van der Waals surface area contributed by atoms with Crippen LogP contribution in [0.3, 0.4) is 0 Å². The van der Waals surface area contributed by atoms with Gasteiger partial charge in [0.1, 0.15) is 5.69 Å². The van der Waals surface area contributed by atoms with Crippen molar-refractivity contribution in [2.45, 2.75) is 46.6 Å².